The van der Waals surface area contributed by atoms with Crippen molar-refractivity contribution in [2.24, 2.45) is 0 Å². The fraction of sp³-hybridized carbons (Fsp3) is 0. The van der Waals surface area contributed by atoms with Crippen LogP contribution in [0.1, 0.15) is 0 Å². The summed E-state index contributed by atoms with van der Waals surface area (Å²) in [6, 6.07) is 0. The molecule has 0 aliphatic carbocycles. The fourth-order valence-corrected chi connectivity index (χ4v) is 0.490. The van der Waals surface area contributed by atoms with E-state index in [2.05, 4.69) is 0 Å². The van der Waals surface area contributed by atoms with Gasteiger partial charge >= 0.3 is 0 Å². The minimum Gasteiger partial charge on any atom is -0.268 e. The van der Waals surface area contributed by atoms with Crippen LogP contribution in [0.3, 0.4) is 0 Å². The van der Waals surface area contributed by atoms with Gasteiger partial charge in [0.25, 0.3) is 11.8 Å². The highest BCUT2D eigenvalue weighted by atomic mass is 16.5. The van der Waals surface area contributed by atoms with Gasteiger partial charge in [0.05, 0.1) is 0 Å². The van der Waals surface area contributed by atoms with Gasteiger partial charge in [0.2, 0.25) is 0 Å². The van der Waals surface area contributed by atoms with E-state index < -0.39 is 11.8 Å². The molecule has 0 unspecified atom stereocenters. The van der Waals surface area contributed by atoms with Gasteiger partial charge in [0.1, 0.15) is 0 Å². The van der Waals surface area contributed by atoms with Gasteiger partial charge in [0, 0.05) is 12.2 Å². The highest BCUT2D eigenvalue weighted by molar-refractivity contribution is 6.12. The average Bonchev–Trinajstić information content (AvgIpc) is 2.12. The molecule has 0 fully saturated rings. The van der Waals surface area contributed by atoms with Crippen LogP contribution in [-0.2, 0) is 14.8 Å². The van der Waals surface area contributed by atoms with Crippen molar-refractivity contribution in [2.75, 3.05) is 0 Å². The summed E-state index contributed by atoms with van der Waals surface area (Å²) in [5, 5.41) is 10.1. The summed E-state index contributed by atoms with van der Waals surface area (Å²) >= 11 is 0. The number of hydrazine groups is 1. The predicted molar refractivity (Wildman–Crippen MR) is 24.8 cm³/mol. The summed E-state index contributed by atoms with van der Waals surface area (Å²) in [5.74, 6) is -1.26. The topological polar surface area (TPSA) is 69.3 Å². The number of rotatable bonds is 1. The van der Waals surface area contributed by atoms with Gasteiger partial charge in [-0.3, -0.25) is 9.59 Å². The van der Waals surface area contributed by atoms with Crippen molar-refractivity contribution < 1.29 is 14.8 Å². The summed E-state index contributed by atoms with van der Waals surface area (Å²) in [4.78, 5) is 20.7. The van der Waals surface area contributed by atoms with Crippen LogP contribution in [0, 0.1) is 0 Å². The molecular weight excluding hydrogens is 124 g/mol. The number of carbonyl (C=O) groups excluding carboxylic acids is 2. The largest absolute Gasteiger partial charge is 0.270 e. The van der Waals surface area contributed by atoms with Crippen LogP contribution in [0.25, 0.3) is 0 Å². The van der Waals surface area contributed by atoms with E-state index in [1.54, 1.807) is 0 Å². The Kier molecular flexibility index (Phi) is 1.29. The van der Waals surface area contributed by atoms with Gasteiger partial charge in [-0.05, 0) is 0 Å². The van der Waals surface area contributed by atoms with E-state index in [9.17, 15) is 14.8 Å². The summed E-state index contributed by atoms with van der Waals surface area (Å²) in [6.45, 7) is 0. The van der Waals surface area contributed by atoms with E-state index >= 15 is 0 Å². The van der Waals surface area contributed by atoms with Crippen LogP contribution < -0.4 is 5.59 Å². The Morgan fingerprint density at radius 2 is 1.67 bits per heavy atom. The first-order chi connectivity index (χ1) is 4.25. The highest BCUT2D eigenvalue weighted by Gasteiger charge is 2.22. The van der Waals surface area contributed by atoms with Crippen molar-refractivity contribution in [1.29, 1.82) is 0 Å². The van der Waals surface area contributed by atoms with E-state index in [0.29, 0.717) is 5.01 Å². The van der Waals surface area contributed by atoms with E-state index in [0.717, 1.165) is 12.2 Å². The smallest absolute Gasteiger partial charge is 0.268 e. The number of carbonyl (C=O) groups is 2. The third-order valence-corrected chi connectivity index (χ3v) is 0.901. The second-order valence-corrected chi connectivity index (χ2v) is 1.44. The lowest BCUT2D eigenvalue weighted by Gasteiger charge is -2.05. The zero-order valence-electron chi connectivity index (χ0n) is 4.33. The van der Waals surface area contributed by atoms with Crippen molar-refractivity contribution in [3.63, 3.8) is 0 Å². The lowest BCUT2D eigenvalue weighted by molar-refractivity contribution is -0.157. The molecule has 0 saturated heterocycles. The molecule has 0 spiro atoms. The molecule has 5 heteroatoms. The molecule has 1 rings (SSSR count). The molecule has 0 aromatic carbocycles. The van der Waals surface area contributed by atoms with Crippen molar-refractivity contribution in [1.82, 2.24) is 10.6 Å². The maximum atomic E-state index is 10.4. The Bertz CT molecular complexity index is 168. The van der Waals surface area contributed by atoms with Gasteiger partial charge in [-0.2, -0.15) is 5.01 Å². The molecule has 0 aromatic heterocycles. The van der Waals surface area contributed by atoms with Gasteiger partial charge in [-0.1, -0.05) is 5.59 Å². The Morgan fingerprint density at radius 1 is 1.22 bits per heavy atom. The molecule has 0 aromatic rings. The SMILES string of the molecule is [O]NN1C(=O)C=CC1=O. The van der Waals surface area contributed by atoms with Gasteiger partial charge in [0.15, 0.2) is 0 Å². The summed E-state index contributed by atoms with van der Waals surface area (Å²) in [7, 11) is 0. The monoisotopic (exact) mass is 127 g/mol. The standard InChI is InChI=1S/C4H3N2O3/c7-3-1-2-4(8)6(3)5-9/h1-2,5H. The number of nitrogens with one attached hydrogen (secondary N) is 1. The minimum atomic E-state index is -0.630. The molecule has 9 heavy (non-hydrogen) atoms. The first kappa shape index (κ1) is 5.93. The first-order valence-electron chi connectivity index (χ1n) is 2.19. The molecule has 0 bridgehead atoms. The highest BCUT2D eigenvalue weighted by Crippen LogP contribution is 1.97. The lowest BCUT2D eigenvalue weighted by Crippen LogP contribution is -2.39. The maximum absolute atomic E-state index is 10.4. The second kappa shape index (κ2) is 1.96. The van der Waals surface area contributed by atoms with Crippen molar-refractivity contribution >= 4 is 11.8 Å². The average molecular weight is 127 g/mol. The Labute approximate surface area is 50.5 Å². The number of hydrogen-bond donors (Lipinski definition) is 1. The quantitative estimate of drug-likeness (QED) is 0.354. The molecule has 2 amide bonds. The molecule has 1 heterocycles. The van der Waals surface area contributed by atoms with Crippen LogP contribution in [0.2, 0.25) is 0 Å². The van der Waals surface area contributed by atoms with E-state index in [1.165, 1.54) is 5.59 Å². The summed E-state index contributed by atoms with van der Waals surface area (Å²) < 4.78 is 0. The first-order valence-corrected chi connectivity index (χ1v) is 2.19. The molecule has 1 N–H and O–H groups in total. The lowest BCUT2D eigenvalue weighted by atomic mass is 10.6. The fourth-order valence-electron chi connectivity index (χ4n) is 0.490. The zero-order chi connectivity index (χ0) is 6.85. The zero-order valence-corrected chi connectivity index (χ0v) is 4.33. The van der Waals surface area contributed by atoms with Gasteiger partial charge in [-0.25, -0.2) is 0 Å². The molecule has 0 atom stereocenters. The molecule has 0 saturated carbocycles. The number of hydrogen-bond acceptors (Lipinski definition) is 3. The number of nitrogens with zero attached hydrogens (tertiary/aromatic N) is 1. The van der Waals surface area contributed by atoms with Crippen LogP contribution in [0.4, 0.5) is 0 Å². The molecule has 1 radical (unpaired) electrons. The Balaban J connectivity index is 2.75. The van der Waals surface area contributed by atoms with E-state index in [1.807, 2.05) is 0 Å². The summed E-state index contributed by atoms with van der Waals surface area (Å²) in [5.41, 5.74) is 1.19. The minimum absolute atomic E-state index is 0.375. The Morgan fingerprint density at radius 3 is 1.89 bits per heavy atom. The third-order valence-electron chi connectivity index (χ3n) is 0.901. The Hall–Kier alpha value is -1.20. The normalized spacial score (nSPS) is 17.7. The van der Waals surface area contributed by atoms with Crippen molar-refractivity contribution in [3.8, 4) is 0 Å². The molecule has 1 aliphatic heterocycles. The van der Waals surface area contributed by atoms with Crippen LogP contribution in [0.15, 0.2) is 12.2 Å². The molecular formula is C4H3N2O3. The molecule has 5 nitrogen and oxygen atoms in total. The van der Waals surface area contributed by atoms with Gasteiger partial charge in [-0.15, -0.1) is 5.21 Å². The van der Waals surface area contributed by atoms with Crippen molar-refractivity contribution in [3.05, 3.63) is 12.2 Å². The van der Waals surface area contributed by atoms with Crippen LogP contribution in [-0.4, -0.2) is 16.8 Å². The number of imide groups is 1. The summed E-state index contributed by atoms with van der Waals surface area (Å²) in [6.07, 6.45) is 2.04. The van der Waals surface area contributed by atoms with E-state index in [4.69, 9.17) is 0 Å². The van der Waals surface area contributed by atoms with Crippen LogP contribution >= 0.6 is 0 Å². The second-order valence-electron chi connectivity index (χ2n) is 1.44. The van der Waals surface area contributed by atoms with Crippen LogP contribution in [0.5, 0.6) is 0 Å². The molecule has 1 aliphatic rings. The number of amides is 2. The maximum Gasteiger partial charge on any atom is 0.270 e. The molecule has 47 valence electrons. The third kappa shape index (κ3) is 0.823. The van der Waals surface area contributed by atoms with Gasteiger partial charge < -0.3 is 0 Å². The van der Waals surface area contributed by atoms with Crippen molar-refractivity contribution in [2.45, 2.75) is 0 Å². The predicted octanol–water partition coefficient (Wildman–Crippen LogP) is -1.24. The van der Waals surface area contributed by atoms with E-state index in [-0.39, 0.29) is 0 Å².